The number of nitrogens with zero attached hydrogens (tertiary/aromatic N) is 3. The molecule has 4 nitrogen and oxygen atoms in total. The SMILES string of the molecule is COc1ccc(-c2ccc3ncncc3c2)cn1. The van der Waals surface area contributed by atoms with E-state index in [-0.39, 0.29) is 0 Å². The minimum atomic E-state index is 0.614. The lowest BCUT2D eigenvalue weighted by Gasteiger charge is -2.04. The summed E-state index contributed by atoms with van der Waals surface area (Å²) in [6, 6.07) is 9.89. The van der Waals surface area contributed by atoms with Gasteiger partial charge in [0.25, 0.3) is 0 Å². The summed E-state index contributed by atoms with van der Waals surface area (Å²) in [6.07, 6.45) is 5.16. The Labute approximate surface area is 104 Å². The molecule has 0 saturated carbocycles. The second-order valence-electron chi connectivity index (χ2n) is 3.89. The van der Waals surface area contributed by atoms with Gasteiger partial charge in [-0.25, -0.2) is 15.0 Å². The number of aromatic nitrogens is 3. The van der Waals surface area contributed by atoms with Crippen LogP contribution in [0.5, 0.6) is 5.88 Å². The molecule has 0 aliphatic heterocycles. The first-order chi connectivity index (χ1) is 8.86. The fourth-order valence-electron chi connectivity index (χ4n) is 1.84. The molecule has 0 aliphatic rings. The Morgan fingerprint density at radius 1 is 0.944 bits per heavy atom. The molecule has 3 aromatic rings. The van der Waals surface area contributed by atoms with Crippen LogP contribution in [-0.2, 0) is 0 Å². The number of fused-ring (bicyclic) bond motifs is 1. The maximum absolute atomic E-state index is 5.04. The highest BCUT2D eigenvalue weighted by molar-refractivity contribution is 5.83. The number of rotatable bonds is 2. The lowest BCUT2D eigenvalue weighted by molar-refractivity contribution is 0.398. The molecule has 0 saturated heterocycles. The van der Waals surface area contributed by atoms with Gasteiger partial charge in [-0.15, -0.1) is 0 Å². The highest BCUT2D eigenvalue weighted by Crippen LogP contribution is 2.23. The molecule has 0 radical (unpaired) electrons. The topological polar surface area (TPSA) is 47.9 Å². The second-order valence-corrected chi connectivity index (χ2v) is 3.89. The van der Waals surface area contributed by atoms with Crippen LogP contribution in [0.3, 0.4) is 0 Å². The Balaban J connectivity index is 2.07. The van der Waals surface area contributed by atoms with Gasteiger partial charge in [-0.3, -0.25) is 0 Å². The van der Waals surface area contributed by atoms with Crippen LogP contribution in [-0.4, -0.2) is 22.1 Å². The zero-order valence-electron chi connectivity index (χ0n) is 9.87. The van der Waals surface area contributed by atoms with Gasteiger partial charge in [0.1, 0.15) is 6.33 Å². The molecule has 0 amide bonds. The van der Waals surface area contributed by atoms with Crippen LogP contribution in [0.4, 0.5) is 0 Å². The van der Waals surface area contributed by atoms with E-state index in [2.05, 4.69) is 21.0 Å². The molecule has 0 bridgehead atoms. The molecule has 3 rings (SSSR count). The molecule has 0 N–H and O–H groups in total. The molecule has 0 spiro atoms. The van der Waals surface area contributed by atoms with Crippen molar-refractivity contribution in [3.05, 3.63) is 49.1 Å². The van der Waals surface area contributed by atoms with Gasteiger partial charge in [-0.1, -0.05) is 6.07 Å². The van der Waals surface area contributed by atoms with E-state index in [0.717, 1.165) is 22.0 Å². The summed E-state index contributed by atoms with van der Waals surface area (Å²) in [4.78, 5) is 12.4. The molecule has 0 atom stereocenters. The monoisotopic (exact) mass is 237 g/mol. The third kappa shape index (κ3) is 1.88. The largest absolute Gasteiger partial charge is 0.481 e. The minimum absolute atomic E-state index is 0.614. The van der Waals surface area contributed by atoms with E-state index in [1.165, 1.54) is 0 Å². The summed E-state index contributed by atoms with van der Waals surface area (Å²) in [7, 11) is 1.61. The summed E-state index contributed by atoms with van der Waals surface area (Å²) in [5.74, 6) is 0.614. The van der Waals surface area contributed by atoms with Crippen LogP contribution < -0.4 is 4.74 Å². The Morgan fingerprint density at radius 2 is 1.83 bits per heavy atom. The first-order valence-corrected chi connectivity index (χ1v) is 5.57. The smallest absolute Gasteiger partial charge is 0.212 e. The summed E-state index contributed by atoms with van der Waals surface area (Å²) < 4.78 is 5.04. The standard InChI is InChI=1S/C14H11N3O/c1-18-14-5-3-11(8-16-14)10-2-4-13-12(6-10)7-15-9-17-13/h2-9H,1H3. The van der Waals surface area contributed by atoms with E-state index in [1.807, 2.05) is 30.5 Å². The van der Waals surface area contributed by atoms with E-state index >= 15 is 0 Å². The van der Waals surface area contributed by atoms with Crippen molar-refractivity contribution in [2.24, 2.45) is 0 Å². The van der Waals surface area contributed by atoms with Gasteiger partial charge in [0.15, 0.2) is 0 Å². The third-order valence-electron chi connectivity index (χ3n) is 2.78. The van der Waals surface area contributed by atoms with E-state index < -0.39 is 0 Å². The average Bonchev–Trinajstić information content (AvgIpc) is 2.47. The molecule has 1 aromatic carbocycles. The van der Waals surface area contributed by atoms with Gasteiger partial charge in [0, 0.05) is 29.4 Å². The molecule has 2 aromatic heterocycles. The Kier molecular flexibility index (Phi) is 2.61. The molecule has 18 heavy (non-hydrogen) atoms. The molecule has 4 heteroatoms. The first kappa shape index (κ1) is 10.7. The fraction of sp³-hybridized carbons (Fsp3) is 0.0714. The van der Waals surface area contributed by atoms with Gasteiger partial charge < -0.3 is 4.74 Å². The molecular formula is C14H11N3O. The van der Waals surface area contributed by atoms with Crippen molar-refractivity contribution in [1.82, 2.24) is 15.0 Å². The molecule has 88 valence electrons. The first-order valence-electron chi connectivity index (χ1n) is 5.57. The van der Waals surface area contributed by atoms with Gasteiger partial charge in [-0.05, 0) is 23.8 Å². The van der Waals surface area contributed by atoms with Crippen molar-refractivity contribution < 1.29 is 4.74 Å². The summed E-state index contributed by atoms with van der Waals surface area (Å²) in [5.41, 5.74) is 3.07. The van der Waals surface area contributed by atoms with Gasteiger partial charge >= 0.3 is 0 Å². The van der Waals surface area contributed by atoms with Gasteiger partial charge in [-0.2, -0.15) is 0 Å². The van der Waals surface area contributed by atoms with Crippen LogP contribution >= 0.6 is 0 Å². The highest BCUT2D eigenvalue weighted by Gasteiger charge is 2.01. The van der Waals surface area contributed by atoms with Crippen LogP contribution in [0.1, 0.15) is 0 Å². The average molecular weight is 237 g/mol. The quantitative estimate of drug-likeness (QED) is 0.687. The van der Waals surface area contributed by atoms with Gasteiger partial charge in [0.05, 0.1) is 12.6 Å². The Hall–Kier alpha value is -2.49. The normalized spacial score (nSPS) is 10.5. The van der Waals surface area contributed by atoms with Crippen molar-refractivity contribution >= 4 is 10.9 Å². The van der Waals surface area contributed by atoms with Crippen molar-refractivity contribution in [1.29, 1.82) is 0 Å². The zero-order chi connectivity index (χ0) is 12.4. The lowest BCUT2D eigenvalue weighted by atomic mass is 10.1. The fourth-order valence-corrected chi connectivity index (χ4v) is 1.84. The molecule has 2 heterocycles. The number of hydrogen-bond donors (Lipinski definition) is 0. The molecular weight excluding hydrogens is 226 g/mol. The van der Waals surface area contributed by atoms with Crippen LogP contribution in [0.15, 0.2) is 49.1 Å². The maximum Gasteiger partial charge on any atom is 0.212 e. The third-order valence-corrected chi connectivity index (χ3v) is 2.78. The number of hydrogen-bond acceptors (Lipinski definition) is 4. The summed E-state index contributed by atoms with van der Waals surface area (Å²) in [6.45, 7) is 0. The van der Waals surface area contributed by atoms with Crippen LogP contribution in [0.2, 0.25) is 0 Å². The zero-order valence-corrected chi connectivity index (χ0v) is 9.87. The number of methoxy groups -OCH3 is 1. The molecule has 0 aliphatic carbocycles. The number of pyridine rings is 1. The summed E-state index contributed by atoms with van der Waals surface area (Å²) >= 11 is 0. The van der Waals surface area contributed by atoms with E-state index in [0.29, 0.717) is 5.88 Å². The van der Waals surface area contributed by atoms with E-state index in [1.54, 1.807) is 19.6 Å². The maximum atomic E-state index is 5.04. The Bertz CT molecular complexity index is 680. The molecule has 0 fully saturated rings. The van der Waals surface area contributed by atoms with Crippen molar-refractivity contribution in [2.45, 2.75) is 0 Å². The van der Waals surface area contributed by atoms with Crippen molar-refractivity contribution in [2.75, 3.05) is 7.11 Å². The Morgan fingerprint density at radius 3 is 2.61 bits per heavy atom. The van der Waals surface area contributed by atoms with E-state index in [4.69, 9.17) is 4.74 Å². The van der Waals surface area contributed by atoms with E-state index in [9.17, 15) is 0 Å². The van der Waals surface area contributed by atoms with Gasteiger partial charge in [0.2, 0.25) is 5.88 Å². The minimum Gasteiger partial charge on any atom is -0.481 e. The van der Waals surface area contributed by atoms with Crippen molar-refractivity contribution in [3.8, 4) is 17.0 Å². The second kappa shape index (κ2) is 4.41. The number of ether oxygens (including phenoxy) is 1. The summed E-state index contributed by atoms with van der Waals surface area (Å²) in [5, 5.41) is 1.02. The number of benzene rings is 1. The van der Waals surface area contributed by atoms with Crippen molar-refractivity contribution in [3.63, 3.8) is 0 Å². The highest BCUT2D eigenvalue weighted by atomic mass is 16.5. The van der Waals surface area contributed by atoms with Crippen LogP contribution in [0, 0.1) is 0 Å². The van der Waals surface area contributed by atoms with Crippen LogP contribution in [0.25, 0.3) is 22.0 Å². The predicted octanol–water partition coefficient (Wildman–Crippen LogP) is 2.70. The molecule has 0 unspecified atom stereocenters. The predicted molar refractivity (Wildman–Crippen MR) is 69.3 cm³/mol. The lowest BCUT2D eigenvalue weighted by Crippen LogP contribution is -1.87.